The highest BCUT2D eigenvalue weighted by Crippen LogP contribution is 2.36. The van der Waals surface area contributed by atoms with E-state index in [1.54, 1.807) is 29.4 Å². The average Bonchev–Trinajstić information content (AvgIpc) is 3.01. The van der Waals surface area contributed by atoms with Crippen molar-refractivity contribution in [1.29, 1.82) is 0 Å². The van der Waals surface area contributed by atoms with Crippen LogP contribution in [0.15, 0.2) is 47.7 Å². The first-order valence-corrected chi connectivity index (χ1v) is 15.2. The molecule has 0 N–H and O–H groups in total. The van der Waals surface area contributed by atoms with Crippen LogP contribution >= 0.6 is 0 Å². The molecular formula is C33H35F3N6O3. The maximum absolute atomic E-state index is 14.1. The number of amides is 1. The molecule has 3 aromatic rings. The zero-order valence-corrected chi connectivity index (χ0v) is 25.3. The second-order valence-corrected chi connectivity index (χ2v) is 11.9. The topological polar surface area (TPSA) is 91.2 Å². The van der Waals surface area contributed by atoms with Crippen LogP contribution in [0.2, 0.25) is 0 Å². The van der Waals surface area contributed by atoms with Gasteiger partial charge in [-0.3, -0.25) is 19.5 Å². The molecule has 0 radical (unpaired) electrons. The number of Topliss-reactive ketones (excluding diaryl/α,β-unsaturated/α-hetero) is 1. The van der Waals surface area contributed by atoms with Crippen LogP contribution in [0.3, 0.4) is 0 Å². The number of piperazine rings is 1. The van der Waals surface area contributed by atoms with Gasteiger partial charge < -0.3 is 14.5 Å². The molecule has 0 bridgehead atoms. The molecule has 9 nitrogen and oxygen atoms in total. The molecule has 1 saturated heterocycles. The summed E-state index contributed by atoms with van der Waals surface area (Å²) in [6, 6.07) is 7.78. The molecule has 1 atom stereocenters. The minimum Gasteiger partial charge on any atom is -0.455 e. The van der Waals surface area contributed by atoms with Crippen molar-refractivity contribution in [3.63, 3.8) is 0 Å². The molecule has 5 heterocycles. The number of benzene rings is 1. The van der Waals surface area contributed by atoms with Crippen LogP contribution in [0.5, 0.6) is 11.5 Å². The lowest BCUT2D eigenvalue weighted by molar-refractivity contribution is -0.139. The van der Waals surface area contributed by atoms with Gasteiger partial charge in [-0.2, -0.15) is 13.2 Å². The zero-order valence-electron chi connectivity index (χ0n) is 25.3. The maximum atomic E-state index is 14.1. The predicted molar refractivity (Wildman–Crippen MR) is 162 cm³/mol. The highest BCUT2D eigenvalue weighted by atomic mass is 19.4. The van der Waals surface area contributed by atoms with Crippen molar-refractivity contribution in [1.82, 2.24) is 24.7 Å². The van der Waals surface area contributed by atoms with E-state index >= 15 is 0 Å². The second kappa shape index (κ2) is 12.7. The molecule has 0 aliphatic carbocycles. The van der Waals surface area contributed by atoms with E-state index in [1.807, 2.05) is 13.0 Å². The molecule has 12 heteroatoms. The van der Waals surface area contributed by atoms with Gasteiger partial charge in [-0.15, -0.1) is 0 Å². The van der Waals surface area contributed by atoms with Crippen LogP contribution in [0.25, 0.3) is 0 Å². The lowest BCUT2D eigenvalue weighted by atomic mass is 9.95. The Kier molecular flexibility index (Phi) is 8.69. The van der Waals surface area contributed by atoms with Gasteiger partial charge in [0.05, 0.1) is 30.1 Å². The number of carbonyl (C=O) groups is 2. The molecule has 45 heavy (non-hydrogen) atoms. The number of alkyl halides is 3. The summed E-state index contributed by atoms with van der Waals surface area (Å²) in [5.74, 6) is 0.848. The van der Waals surface area contributed by atoms with E-state index in [9.17, 15) is 22.8 Å². The van der Waals surface area contributed by atoms with E-state index in [2.05, 4.69) is 31.7 Å². The summed E-state index contributed by atoms with van der Waals surface area (Å²) >= 11 is 0. The normalized spacial score (nSPS) is 18.9. The number of rotatable bonds is 7. The number of hydrogen-bond acceptors (Lipinski definition) is 8. The number of hydrogen-bond donors (Lipinski definition) is 0. The van der Waals surface area contributed by atoms with Gasteiger partial charge in [-0.05, 0) is 41.4 Å². The molecule has 236 valence electrons. The molecule has 1 fully saturated rings. The Bertz CT molecular complexity index is 1630. The van der Waals surface area contributed by atoms with Gasteiger partial charge in [0.1, 0.15) is 11.5 Å². The number of likely N-dealkylation sites (N-methyl/N-ethyl adjacent to an activating group) is 1. The summed E-state index contributed by atoms with van der Waals surface area (Å²) in [6.45, 7) is 9.00. The first kappa shape index (κ1) is 30.8. The average molecular weight is 621 g/mol. The smallest absolute Gasteiger partial charge is 0.416 e. The third-order valence-corrected chi connectivity index (χ3v) is 8.69. The van der Waals surface area contributed by atoms with Crippen LogP contribution in [0, 0.1) is 0 Å². The summed E-state index contributed by atoms with van der Waals surface area (Å²) in [5.41, 5.74) is 2.11. The van der Waals surface area contributed by atoms with Gasteiger partial charge >= 0.3 is 6.18 Å². The number of aliphatic imine (C=N–C) groups is 1. The molecule has 0 saturated carbocycles. The molecule has 6 rings (SSSR count). The number of halogens is 3. The van der Waals surface area contributed by atoms with Crippen molar-refractivity contribution in [3.05, 3.63) is 76.2 Å². The first-order chi connectivity index (χ1) is 21.6. The predicted octanol–water partition coefficient (Wildman–Crippen LogP) is 4.94. The van der Waals surface area contributed by atoms with Gasteiger partial charge in [-0.1, -0.05) is 26.0 Å². The van der Waals surface area contributed by atoms with E-state index in [1.165, 1.54) is 12.3 Å². The molecular weight excluding hydrogens is 585 g/mol. The van der Waals surface area contributed by atoms with Crippen LogP contribution in [0.1, 0.15) is 53.3 Å². The van der Waals surface area contributed by atoms with Crippen molar-refractivity contribution >= 4 is 23.7 Å². The summed E-state index contributed by atoms with van der Waals surface area (Å²) < 4.78 is 48.5. The standard InChI is InChI=1S/C33H35F3N6O3/c1-3-40-8-10-41(11-9-40)19-23-5-4-22(12-28(23)33(34,35)36)13-30(44)42-18-21(2)31-24(20-42)14-26(17-38-31)45-29-6-7-37-32-27(29)15-25(43)16-39-32/h4-7,12,14,16-17,21H,3,8-11,13,15,18-20H2,1-2H3. The fraction of sp³-hybridized carbons (Fsp3) is 0.424. The fourth-order valence-corrected chi connectivity index (χ4v) is 6.25. The van der Waals surface area contributed by atoms with Crippen molar-refractivity contribution in [2.45, 2.75) is 51.9 Å². The highest BCUT2D eigenvalue weighted by molar-refractivity contribution is 6.29. The monoisotopic (exact) mass is 620 g/mol. The van der Waals surface area contributed by atoms with Crippen molar-refractivity contribution in [2.75, 3.05) is 39.3 Å². The molecule has 1 amide bonds. The van der Waals surface area contributed by atoms with Gasteiger partial charge in [-0.25, -0.2) is 9.98 Å². The van der Waals surface area contributed by atoms with Gasteiger partial charge in [0.15, 0.2) is 11.6 Å². The van der Waals surface area contributed by atoms with Gasteiger partial charge in [0.25, 0.3) is 0 Å². The maximum Gasteiger partial charge on any atom is 0.416 e. The molecule has 3 aliphatic heterocycles. The number of aromatic nitrogens is 2. The van der Waals surface area contributed by atoms with Gasteiger partial charge in [0, 0.05) is 69.9 Å². The van der Waals surface area contributed by atoms with Crippen molar-refractivity contribution < 1.29 is 27.5 Å². The minimum absolute atomic E-state index is 0.0753. The van der Waals surface area contributed by atoms with Crippen LogP contribution in [-0.2, 0) is 41.7 Å². The molecule has 2 aromatic heterocycles. The van der Waals surface area contributed by atoms with E-state index in [0.29, 0.717) is 35.0 Å². The molecule has 1 unspecified atom stereocenters. The lowest BCUT2D eigenvalue weighted by Gasteiger charge is -2.34. The third-order valence-electron chi connectivity index (χ3n) is 8.69. The number of ether oxygens (including phenoxy) is 1. The number of carbonyl (C=O) groups excluding carboxylic acids is 2. The Morgan fingerprint density at radius 3 is 2.60 bits per heavy atom. The SMILES string of the molecule is CCN1CCN(Cc2ccc(CC(=O)N3Cc4cc(Oc5ccnc6c5CC(=O)C=N6)cnc4C(C)C3)cc2C(F)(F)F)CC1. The van der Waals surface area contributed by atoms with Crippen LogP contribution in [0.4, 0.5) is 19.0 Å². The van der Waals surface area contributed by atoms with E-state index in [4.69, 9.17) is 4.74 Å². The van der Waals surface area contributed by atoms with Gasteiger partial charge in [0.2, 0.25) is 5.91 Å². The summed E-state index contributed by atoms with van der Waals surface area (Å²) in [6.07, 6.45) is -0.111. The van der Waals surface area contributed by atoms with E-state index in [-0.39, 0.29) is 49.1 Å². The summed E-state index contributed by atoms with van der Waals surface area (Å²) in [4.78, 5) is 44.3. The quantitative estimate of drug-likeness (QED) is 0.370. The highest BCUT2D eigenvalue weighted by Gasteiger charge is 2.35. The zero-order chi connectivity index (χ0) is 31.7. The second-order valence-electron chi connectivity index (χ2n) is 11.9. The van der Waals surface area contributed by atoms with E-state index < -0.39 is 11.7 Å². The van der Waals surface area contributed by atoms with E-state index in [0.717, 1.165) is 50.0 Å². The number of ketones is 1. The summed E-state index contributed by atoms with van der Waals surface area (Å²) in [5, 5.41) is 0. The lowest BCUT2D eigenvalue weighted by Crippen LogP contribution is -2.45. The number of nitrogens with zero attached hydrogens (tertiary/aromatic N) is 6. The fourth-order valence-electron chi connectivity index (χ4n) is 6.25. The minimum atomic E-state index is -4.52. The Morgan fingerprint density at radius 2 is 1.84 bits per heavy atom. The largest absolute Gasteiger partial charge is 0.455 e. The molecule has 0 spiro atoms. The first-order valence-electron chi connectivity index (χ1n) is 15.2. The molecule has 1 aromatic carbocycles. The molecule has 3 aliphatic rings. The third kappa shape index (κ3) is 6.91. The number of fused-ring (bicyclic) bond motifs is 2. The van der Waals surface area contributed by atoms with Crippen molar-refractivity contribution in [2.24, 2.45) is 4.99 Å². The number of pyridine rings is 2. The van der Waals surface area contributed by atoms with Crippen molar-refractivity contribution in [3.8, 4) is 11.5 Å². The van der Waals surface area contributed by atoms with Crippen LogP contribution < -0.4 is 4.74 Å². The summed E-state index contributed by atoms with van der Waals surface area (Å²) in [7, 11) is 0. The Balaban J connectivity index is 1.16. The Morgan fingerprint density at radius 1 is 1.07 bits per heavy atom. The Hall–Kier alpha value is -4.16. The van der Waals surface area contributed by atoms with Crippen LogP contribution in [-0.4, -0.2) is 81.8 Å². The Labute approximate surface area is 259 Å².